The Morgan fingerprint density at radius 1 is 1.22 bits per heavy atom. The molecule has 2 unspecified atom stereocenters. The summed E-state index contributed by atoms with van der Waals surface area (Å²) in [4.78, 5) is 0. The smallest absolute Gasteiger partial charge is 0.104 e. The molecule has 0 aromatic heterocycles. The maximum atomic E-state index is 5.23. The zero-order chi connectivity index (χ0) is 12.4. The molecular weight excluding hydrogens is 228 g/mol. The molecule has 2 fully saturated rings. The van der Waals surface area contributed by atoms with Gasteiger partial charge >= 0.3 is 0 Å². The van der Waals surface area contributed by atoms with E-state index in [4.69, 9.17) is 14.2 Å². The van der Waals surface area contributed by atoms with Gasteiger partial charge in [-0.15, -0.1) is 0 Å². The number of hydrogen-bond donors (Lipinski definition) is 0. The molecule has 3 heteroatoms. The fourth-order valence-electron chi connectivity index (χ4n) is 1.98. The predicted octanol–water partition coefficient (Wildman–Crippen LogP) is 2.17. The van der Waals surface area contributed by atoms with E-state index >= 15 is 0 Å². The van der Waals surface area contributed by atoms with Crippen LogP contribution in [0.3, 0.4) is 0 Å². The van der Waals surface area contributed by atoms with E-state index < -0.39 is 0 Å². The minimum Gasteiger partial charge on any atom is -0.376 e. The Balaban J connectivity index is 0.000000111. The highest BCUT2D eigenvalue weighted by atomic mass is 16.6. The maximum absolute atomic E-state index is 5.23. The van der Waals surface area contributed by atoms with Gasteiger partial charge in [0.25, 0.3) is 0 Å². The number of allylic oxidation sites excluding steroid dienone is 7. The third kappa shape index (κ3) is 3.19. The first-order chi connectivity index (χ1) is 8.85. The van der Waals surface area contributed by atoms with Gasteiger partial charge < -0.3 is 14.2 Å². The number of ether oxygens (including phenoxy) is 3. The monoisotopic (exact) mass is 246 g/mol. The molecule has 0 spiro atoms. The van der Waals surface area contributed by atoms with Crippen LogP contribution >= 0.6 is 0 Å². The van der Waals surface area contributed by atoms with Crippen LogP contribution in [-0.4, -0.2) is 38.6 Å². The molecule has 0 amide bonds. The second-order valence-corrected chi connectivity index (χ2v) is 4.86. The van der Waals surface area contributed by atoms with Gasteiger partial charge in [0.15, 0.2) is 0 Å². The van der Waals surface area contributed by atoms with Gasteiger partial charge in [-0.05, 0) is 23.1 Å². The lowest BCUT2D eigenvalue weighted by Gasteiger charge is -1.95. The van der Waals surface area contributed by atoms with Gasteiger partial charge in [-0.3, -0.25) is 0 Å². The van der Waals surface area contributed by atoms with Gasteiger partial charge in [0.05, 0.1) is 26.4 Å². The van der Waals surface area contributed by atoms with Gasteiger partial charge in [0.1, 0.15) is 12.2 Å². The topological polar surface area (TPSA) is 34.3 Å². The fourth-order valence-corrected chi connectivity index (χ4v) is 1.98. The van der Waals surface area contributed by atoms with Gasteiger partial charge in [0.2, 0.25) is 0 Å². The second-order valence-electron chi connectivity index (χ2n) is 4.86. The van der Waals surface area contributed by atoms with Gasteiger partial charge in [-0.25, -0.2) is 0 Å². The summed E-state index contributed by atoms with van der Waals surface area (Å²) in [6.07, 6.45) is 10.4. The molecule has 2 aliphatic heterocycles. The Bertz CT molecular complexity index is 411. The van der Waals surface area contributed by atoms with Crippen molar-refractivity contribution >= 4 is 0 Å². The zero-order valence-electron chi connectivity index (χ0n) is 10.4. The Kier molecular flexibility index (Phi) is 3.46. The average Bonchev–Trinajstić information content (AvgIpc) is 3.32. The van der Waals surface area contributed by atoms with E-state index in [9.17, 15) is 0 Å². The van der Waals surface area contributed by atoms with Gasteiger partial charge in [-0.1, -0.05) is 30.9 Å². The SMILES string of the molecule is C(OCC1CO1)C1CO1.C=CC1=C2C=CC(=C1)C2. The Morgan fingerprint density at radius 3 is 2.22 bits per heavy atom. The molecule has 2 heterocycles. The molecule has 18 heavy (non-hydrogen) atoms. The number of rotatable bonds is 5. The van der Waals surface area contributed by atoms with Crippen LogP contribution in [0.2, 0.25) is 0 Å². The Morgan fingerprint density at radius 2 is 1.89 bits per heavy atom. The summed E-state index contributed by atoms with van der Waals surface area (Å²) < 4.78 is 15.1. The van der Waals surface area contributed by atoms with Crippen LogP contribution in [0.25, 0.3) is 0 Å². The molecule has 4 aliphatic rings. The molecule has 4 rings (SSSR count). The Hall–Kier alpha value is -1.16. The minimum atomic E-state index is 0.392. The molecule has 0 radical (unpaired) electrons. The summed E-state index contributed by atoms with van der Waals surface area (Å²) in [6.45, 7) is 6.99. The van der Waals surface area contributed by atoms with Crippen molar-refractivity contribution in [2.45, 2.75) is 18.6 Å². The van der Waals surface area contributed by atoms with Crippen molar-refractivity contribution in [3.05, 3.63) is 47.6 Å². The highest BCUT2D eigenvalue weighted by Crippen LogP contribution is 2.33. The molecule has 2 saturated heterocycles. The van der Waals surface area contributed by atoms with Crippen LogP contribution in [0.4, 0.5) is 0 Å². The normalized spacial score (nSPS) is 29.9. The largest absolute Gasteiger partial charge is 0.376 e. The summed E-state index contributed by atoms with van der Waals surface area (Å²) in [5, 5.41) is 0. The van der Waals surface area contributed by atoms with Crippen LogP contribution in [0, 0.1) is 0 Å². The molecule has 3 nitrogen and oxygen atoms in total. The minimum absolute atomic E-state index is 0.392. The van der Waals surface area contributed by atoms with Crippen LogP contribution < -0.4 is 0 Å². The summed E-state index contributed by atoms with van der Waals surface area (Å²) in [5.74, 6) is 0. The molecule has 0 N–H and O–H groups in total. The first-order valence-corrected chi connectivity index (χ1v) is 6.40. The molecule has 0 aromatic carbocycles. The van der Waals surface area contributed by atoms with Crippen molar-refractivity contribution in [3.8, 4) is 0 Å². The van der Waals surface area contributed by atoms with E-state index in [2.05, 4.69) is 24.8 Å². The van der Waals surface area contributed by atoms with E-state index in [-0.39, 0.29) is 0 Å². The molecule has 0 saturated carbocycles. The van der Waals surface area contributed by atoms with Crippen molar-refractivity contribution in [1.82, 2.24) is 0 Å². The van der Waals surface area contributed by atoms with E-state index in [0.29, 0.717) is 12.2 Å². The first kappa shape index (κ1) is 11.9. The molecule has 2 atom stereocenters. The third-order valence-corrected chi connectivity index (χ3v) is 3.24. The maximum Gasteiger partial charge on any atom is 0.104 e. The lowest BCUT2D eigenvalue weighted by molar-refractivity contribution is 0.102. The number of hydrogen-bond acceptors (Lipinski definition) is 3. The quantitative estimate of drug-likeness (QED) is 0.697. The van der Waals surface area contributed by atoms with Crippen molar-refractivity contribution < 1.29 is 14.2 Å². The fraction of sp³-hybridized carbons (Fsp3) is 0.467. The molecule has 0 aromatic rings. The predicted molar refractivity (Wildman–Crippen MR) is 69.4 cm³/mol. The summed E-state index contributed by atoms with van der Waals surface area (Å²) in [7, 11) is 0. The number of epoxide rings is 2. The van der Waals surface area contributed by atoms with E-state index in [1.807, 2.05) is 6.08 Å². The van der Waals surface area contributed by atoms with E-state index in [0.717, 1.165) is 32.8 Å². The van der Waals surface area contributed by atoms with Crippen molar-refractivity contribution in [2.24, 2.45) is 0 Å². The summed E-state index contributed by atoms with van der Waals surface area (Å²) in [5.41, 5.74) is 4.17. The lowest BCUT2D eigenvalue weighted by Crippen LogP contribution is -2.06. The van der Waals surface area contributed by atoms with Crippen molar-refractivity contribution in [2.75, 3.05) is 26.4 Å². The van der Waals surface area contributed by atoms with Gasteiger partial charge in [0, 0.05) is 0 Å². The Labute approximate surface area is 107 Å². The molecule has 96 valence electrons. The van der Waals surface area contributed by atoms with Crippen LogP contribution in [-0.2, 0) is 14.2 Å². The molecule has 2 bridgehead atoms. The van der Waals surface area contributed by atoms with Crippen LogP contribution in [0.15, 0.2) is 47.6 Å². The van der Waals surface area contributed by atoms with Crippen LogP contribution in [0.1, 0.15) is 6.42 Å². The van der Waals surface area contributed by atoms with Crippen molar-refractivity contribution in [1.29, 1.82) is 0 Å². The van der Waals surface area contributed by atoms with Crippen molar-refractivity contribution in [3.63, 3.8) is 0 Å². The molecule has 2 aliphatic carbocycles. The van der Waals surface area contributed by atoms with Gasteiger partial charge in [-0.2, -0.15) is 0 Å². The van der Waals surface area contributed by atoms with E-state index in [1.54, 1.807) is 0 Å². The van der Waals surface area contributed by atoms with Crippen LogP contribution in [0.5, 0.6) is 0 Å². The average molecular weight is 246 g/mol. The zero-order valence-corrected chi connectivity index (χ0v) is 10.4. The highest BCUT2D eigenvalue weighted by Gasteiger charge is 2.26. The summed E-state index contributed by atoms with van der Waals surface area (Å²) >= 11 is 0. The molecular formula is C15H18O3. The summed E-state index contributed by atoms with van der Waals surface area (Å²) in [6, 6.07) is 0. The first-order valence-electron chi connectivity index (χ1n) is 6.40. The second kappa shape index (κ2) is 5.22. The standard InChI is InChI=1S/C9H8.C6H10O3/c1-2-8-5-7-3-4-9(8)6-7;1(5-3-8-5)7-2-6-4-9-6/h2-5H,1,6H2;5-6H,1-4H2. The highest BCUT2D eigenvalue weighted by molar-refractivity contribution is 5.58. The third-order valence-electron chi connectivity index (χ3n) is 3.24. The van der Waals surface area contributed by atoms with E-state index in [1.165, 1.54) is 16.7 Å². The lowest BCUT2D eigenvalue weighted by atomic mass is 10.1. The number of fused-ring (bicyclic) bond motifs is 2.